The van der Waals surface area contributed by atoms with Gasteiger partial charge in [0, 0.05) is 0 Å². The first-order valence-corrected chi connectivity index (χ1v) is 14.4. The maximum atomic E-state index is 13.9. The molecule has 3 aromatic rings. The number of methoxy groups -OCH3 is 1. The zero-order chi connectivity index (χ0) is 27.1. The van der Waals surface area contributed by atoms with Crippen LogP contribution in [-0.2, 0) is 16.1 Å². The van der Waals surface area contributed by atoms with Crippen LogP contribution in [0.1, 0.15) is 55.1 Å². The Bertz CT molecular complexity index is 1210. The van der Waals surface area contributed by atoms with Crippen molar-refractivity contribution in [3.63, 3.8) is 0 Å². The van der Waals surface area contributed by atoms with E-state index in [2.05, 4.69) is 7.86 Å². The molecule has 3 rings (SSSR count). The summed E-state index contributed by atoms with van der Waals surface area (Å²) in [7, 11) is 1.25. The van der Waals surface area contributed by atoms with Crippen LogP contribution in [0, 0.1) is 5.82 Å². The van der Waals surface area contributed by atoms with Crippen molar-refractivity contribution in [3.05, 3.63) is 71.7 Å². The monoisotopic (exact) mass is 704 g/mol. The van der Waals surface area contributed by atoms with Crippen LogP contribution in [0.5, 0.6) is 0 Å². The molecular formula is C28H33FN2O5Pb. The number of carbonyl (C=O) groups excluding carboxylic acids is 2. The van der Waals surface area contributed by atoms with Crippen molar-refractivity contribution >= 4 is 37.9 Å². The van der Waals surface area contributed by atoms with Gasteiger partial charge in [-0.1, -0.05) is 0 Å². The van der Waals surface area contributed by atoms with Crippen molar-refractivity contribution in [1.82, 2.24) is 7.69 Å². The van der Waals surface area contributed by atoms with E-state index in [0.717, 1.165) is 28.1 Å². The number of ether oxygens (including phenoxy) is 1. The van der Waals surface area contributed by atoms with Gasteiger partial charge >= 0.3 is 217 Å². The second-order valence-electron chi connectivity index (χ2n) is 9.25. The van der Waals surface area contributed by atoms with Gasteiger partial charge in [-0.2, -0.15) is 0 Å². The molecule has 0 saturated heterocycles. The third kappa shape index (κ3) is 7.05. The van der Waals surface area contributed by atoms with E-state index in [1.807, 2.05) is 48.7 Å². The Morgan fingerprint density at radius 3 is 2.24 bits per heavy atom. The van der Waals surface area contributed by atoms with E-state index in [1.54, 1.807) is 12.1 Å². The quantitative estimate of drug-likeness (QED) is 0.209. The summed E-state index contributed by atoms with van der Waals surface area (Å²) in [5, 5.41) is 20.9. The molecule has 2 aromatic carbocycles. The molecule has 1 heterocycles. The summed E-state index contributed by atoms with van der Waals surface area (Å²) in [6.07, 6.45) is -1.82. The number of esters is 1. The van der Waals surface area contributed by atoms with Crippen LogP contribution in [0.2, 0.25) is 0 Å². The van der Waals surface area contributed by atoms with E-state index < -0.39 is 18.2 Å². The van der Waals surface area contributed by atoms with Gasteiger partial charge in [0.1, 0.15) is 0 Å². The molecule has 0 aliphatic rings. The molecule has 2 atom stereocenters. The number of halogens is 1. The fraction of sp³-hybridized carbons (Fsp3) is 0.357. The number of carbonyl (C=O) groups is 2. The number of nitrogens with zero attached hydrogens (tertiary/aromatic N) is 1. The van der Waals surface area contributed by atoms with Gasteiger partial charge in [0.05, 0.1) is 7.11 Å². The Morgan fingerprint density at radius 2 is 1.68 bits per heavy atom. The summed E-state index contributed by atoms with van der Waals surface area (Å²) < 4.78 is 23.4. The van der Waals surface area contributed by atoms with Crippen molar-refractivity contribution in [3.8, 4) is 22.4 Å². The molecule has 0 saturated carbocycles. The number of hydrogen-bond acceptors (Lipinski definition) is 5. The van der Waals surface area contributed by atoms with Crippen molar-refractivity contribution in [2.45, 2.75) is 57.8 Å². The SMILES string of the molecule is COC(=O)C[C@H](O)C[C@H](O)CCn1c(-c2ccc(F)cc2)c(-c2ccccc2)c(C(=O)[NH][PbH])c1C(C)C. The van der Waals surface area contributed by atoms with Gasteiger partial charge < -0.3 is 4.74 Å². The molecule has 0 spiro atoms. The first-order chi connectivity index (χ1) is 17.7. The Kier molecular flexibility index (Phi) is 10.4. The van der Waals surface area contributed by atoms with Gasteiger partial charge in [0.15, 0.2) is 0 Å². The molecule has 0 bridgehead atoms. The summed E-state index contributed by atoms with van der Waals surface area (Å²) in [6.45, 7) is 4.37. The van der Waals surface area contributed by atoms with Crippen molar-refractivity contribution in [1.29, 1.82) is 0 Å². The topological polar surface area (TPSA) is 101 Å². The Hall–Kier alpha value is -2.57. The van der Waals surface area contributed by atoms with Gasteiger partial charge in [-0.15, -0.1) is 0 Å². The predicted molar refractivity (Wildman–Crippen MR) is 142 cm³/mol. The van der Waals surface area contributed by atoms with Crippen LogP contribution in [-0.4, -0.2) is 72.0 Å². The molecule has 2 radical (unpaired) electrons. The Balaban J connectivity index is 2.15. The molecule has 7 nitrogen and oxygen atoms in total. The van der Waals surface area contributed by atoms with Gasteiger partial charge in [-0.05, 0) is 0 Å². The number of amides is 1. The van der Waals surface area contributed by atoms with E-state index in [1.165, 1.54) is 19.2 Å². The van der Waals surface area contributed by atoms with Crippen LogP contribution >= 0.6 is 0 Å². The summed E-state index contributed by atoms with van der Waals surface area (Å²) in [5.74, 6) is -1.10. The van der Waals surface area contributed by atoms with E-state index in [4.69, 9.17) is 0 Å². The van der Waals surface area contributed by atoms with Crippen LogP contribution in [0.25, 0.3) is 22.4 Å². The van der Waals surface area contributed by atoms with E-state index in [0.29, 0.717) is 12.1 Å². The minimum atomic E-state index is -1.03. The second kappa shape index (κ2) is 13.3. The fourth-order valence-corrected chi connectivity index (χ4v) is 5.20. The summed E-state index contributed by atoms with van der Waals surface area (Å²) in [6, 6.07) is 15.8. The van der Waals surface area contributed by atoms with Gasteiger partial charge in [-0.3, -0.25) is 4.79 Å². The molecule has 0 unspecified atom stereocenters. The number of hydrogen-bond donors (Lipinski definition) is 3. The third-order valence-corrected chi connectivity index (χ3v) is 7.27. The first kappa shape index (κ1) is 29.0. The van der Waals surface area contributed by atoms with Crippen LogP contribution < -0.4 is 3.13 Å². The summed E-state index contributed by atoms with van der Waals surface area (Å²) >= 11 is 0.247. The number of nitrogens with one attached hydrogen (secondary N) is 1. The molecular weight excluding hydrogens is 671 g/mol. The number of aromatic nitrogens is 1. The minimum absolute atomic E-state index is 0.0137. The fourth-order valence-electron chi connectivity index (χ4n) is 4.63. The maximum absolute atomic E-state index is 13.9. The zero-order valence-electron chi connectivity index (χ0n) is 21.3. The second-order valence-corrected chi connectivity index (χ2v) is 10.4. The molecule has 3 N–H and O–H groups in total. The molecule has 1 amide bonds. The zero-order valence-corrected chi connectivity index (χ0v) is 25.8. The molecule has 0 fully saturated rings. The van der Waals surface area contributed by atoms with Gasteiger partial charge in [0.25, 0.3) is 0 Å². The van der Waals surface area contributed by atoms with E-state index in [-0.39, 0.29) is 63.0 Å². The van der Waals surface area contributed by atoms with Crippen LogP contribution in [0.15, 0.2) is 54.6 Å². The average molecular weight is 704 g/mol. The van der Waals surface area contributed by atoms with Crippen molar-refractivity contribution < 1.29 is 28.9 Å². The van der Waals surface area contributed by atoms with Crippen molar-refractivity contribution in [2.75, 3.05) is 7.11 Å². The summed E-state index contributed by atoms with van der Waals surface area (Å²) in [4.78, 5) is 24.8. The standard InChI is InChI=1S/C28H33FN2O5.Pb.H/c1-17(2)26-25(28(30)35)24(18-7-5-4-6-8-18)27(19-9-11-20(29)12-10-19)31(26)14-13-21(32)15-22(33)16-23(34)36-3;;/h4-12,17,21-22,32-33H,13-16H2,1-3H3,(H2,30,35);;/q;+1;/p-1/t21-,22-;;/m1../s1. The molecule has 37 heavy (non-hydrogen) atoms. The number of aliphatic hydroxyl groups excluding tert-OH is 2. The molecule has 0 aliphatic heterocycles. The summed E-state index contributed by atoms with van der Waals surface area (Å²) in [5.41, 5.74) is 4.52. The number of benzene rings is 2. The van der Waals surface area contributed by atoms with Crippen LogP contribution in [0.4, 0.5) is 4.39 Å². The van der Waals surface area contributed by atoms with E-state index in [9.17, 15) is 24.2 Å². The third-order valence-electron chi connectivity index (χ3n) is 6.25. The molecule has 1 aromatic heterocycles. The number of rotatable bonds is 11. The molecule has 0 aliphatic carbocycles. The molecule has 196 valence electrons. The Morgan fingerprint density at radius 1 is 1.03 bits per heavy atom. The number of aliphatic hydroxyl groups is 2. The van der Waals surface area contributed by atoms with Gasteiger partial charge in [-0.25, -0.2) is 0 Å². The first-order valence-electron chi connectivity index (χ1n) is 12.2. The van der Waals surface area contributed by atoms with E-state index >= 15 is 0 Å². The van der Waals surface area contributed by atoms with Crippen LogP contribution in [0.3, 0.4) is 0 Å². The van der Waals surface area contributed by atoms with Gasteiger partial charge in [0.2, 0.25) is 0 Å². The molecule has 9 heteroatoms. The van der Waals surface area contributed by atoms with Crippen molar-refractivity contribution in [2.24, 2.45) is 0 Å². The predicted octanol–water partition coefficient (Wildman–Crippen LogP) is 3.70. The average Bonchev–Trinajstić information content (AvgIpc) is 3.23. The normalized spacial score (nSPS) is 12.9. The Labute approximate surface area is 232 Å².